The van der Waals surface area contributed by atoms with Crippen molar-refractivity contribution in [1.29, 1.82) is 0 Å². The van der Waals surface area contributed by atoms with Crippen LogP contribution in [0.25, 0.3) is 0 Å². The van der Waals surface area contributed by atoms with Gasteiger partial charge in [-0.3, -0.25) is 4.68 Å². The van der Waals surface area contributed by atoms with Crippen molar-refractivity contribution in [3.05, 3.63) is 16.4 Å². The Bertz CT molecular complexity index is 431. The molecule has 0 aliphatic heterocycles. The number of hydrogen-bond acceptors (Lipinski definition) is 2. The fourth-order valence-electron chi connectivity index (χ4n) is 4.12. The van der Waals surface area contributed by atoms with Gasteiger partial charge in [-0.1, -0.05) is 19.8 Å². The highest BCUT2D eigenvalue weighted by atomic mass is 79.9. The lowest BCUT2D eigenvalue weighted by Crippen LogP contribution is -2.24. The first-order valence-electron chi connectivity index (χ1n) is 7.66. The normalized spacial score (nSPS) is 31.0. The maximum Gasteiger partial charge on any atom is 0.0698 e. The summed E-state index contributed by atoms with van der Waals surface area (Å²) in [4.78, 5) is 0. The first-order valence-corrected chi connectivity index (χ1v) is 8.45. The molecule has 3 unspecified atom stereocenters. The number of nitrogens with zero attached hydrogens (tertiary/aromatic N) is 2. The van der Waals surface area contributed by atoms with Crippen LogP contribution in [-0.2, 0) is 6.54 Å². The molecule has 4 heteroatoms. The van der Waals surface area contributed by atoms with Crippen molar-refractivity contribution in [2.75, 3.05) is 7.05 Å². The van der Waals surface area contributed by atoms with E-state index in [1.807, 2.05) is 6.20 Å². The van der Waals surface area contributed by atoms with E-state index in [0.29, 0.717) is 6.04 Å². The predicted octanol–water partition coefficient (Wildman–Crippen LogP) is 3.75. The summed E-state index contributed by atoms with van der Waals surface area (Å²) >= 11 is 3.70. The number of aryl methyl sites for hydroxylation is 1. The van der Waals surface area contributed by atoms with E-state index in [1.54, 1.807) is 0 Å². The molecule has 0 aromatic carbocycles. The zero-order valence-electron chi connectivity index (χ0n) is 11.9. The third-order valence-electron chi connectivity index (χ3n) is 4.98. The van der Waals surface area contributed by atoms with Crippen LogP contribution in [0.1, 0.15) is 50.8 Å². The van der Waals surface area contributed by atoms with Gasteiger partial charge in [0, 0.05) is 6.54 Å². The van der Waals surface area contributed by atoms with Crippen molar-refractivity contribution in [3.63, 3.8) is 0 Å². The largest absolute Gasteiger partial charge is 0.311 e. The van der Waals surface area contributed by atoms with Gasteiger partial charge >= 0.3 is 0 Å². The lowest BCUT2D eigenvalue weighted by Gasteiger charge is -2.19. The van der Waals surface area contributed by atoms with Gasteiger partial charge in [0.05, 0.1) is 22.4 Å². The van der Waals surface area contributed by atoms with Gasteiger partial charge in [0.1, 0.15) is 0 Å². The maximum absolute atomic E-state index is 4.53. The van der Waals surface area contributed by atoms with Gasteiger partial charge in [-0.15, -0.1) is 0 Å². The zero-order chi connectivity index (χ0) is 13.4. The zero-order valence-corrected chi connectivity index (χ0v) is 13.5. The Labute approximate surface area is 124 Å². The van der Waals surface area contributed by atoms with E-state index in [2.05, 4.69) is 45.0 Å². The monoisotopic (exact) mass is 325 g/mol. The van der Waals surface area contributed by atoms with Crippen LogP contribution in [0.3, 0.4) is 0 Å². The second-order valence-corrected chi connectivity index (χ2v) is 6.91. The molecule has 3 nitrogen and oxygen atoms in total. The Kier molecular flexibility index (Phi) is 3.99. The van der Waals surface area contributed by atoms with Crippen LogP contribution in [0, 0.1) is 17.8 Å². The molecule has 19 heavy (non-hydrogen) atoms. The van der Waals surface area contributed by atoms with Gasteiger partial charge in [-0.2, -0.15) is 5.10 Å². The second-order valence-electron chi connectivity index (χ2n) is 6.06. The lowest BCUT2D eigenvalue weighted by atomic mass is 10.0. The summed E-state index contributed by atoms with van der Waals surface area (Å²) in [6.45, 7) is 3.23. The molecule has 1 heterocycles. The molecule has 0 saturated heterocycles. The molecule has 2 saturated carbocycles. The van der Waals surface area contributed by atoms with Gasteiger partial charge in [-0.25, -0.2) is 0 Å². The van der Waals surface area contributed by atoms with Gasteiger partial charge in [-0.05, 0) is 60.0 Å². The van der Waals surface area contributed by atoms with Crippen molar-refractivity contribution in [2.45, 2.75) is 51.6 Å². The minimum Gasteiger partial charge on any atom is -0.311 e. The first kappa shape index (κ1) is 13.6. The van der Waals surface area contributed by atoms with Crippen LogP contribution in [0.4, 0.5) is 0 Å². The van der Waals surface area contributed by atoms with Gasteiger partial charge in [0.25, 0.3) is 0 Å². The molecule has 2 aliphatic carbocycles. The minimum atomic E-state index is 0.469. The Hall–Kier alpha value is -0.350. The fourth-order valence-corrected chi connectivity index (χ4v) is 4.67. The molecule has 106 valence electrons. The summed E-state index contributed by atoms with van der Waals surface area (Å²) in [6.07, 6.45) is 8.84. The summed E-state index contributed by atoms with van der Waals surface area (Å²) in [6, 6.07) is 0.469. The third kappa shape index (κ3) is 2.38. The highest BCUT2D eigenvalue weighted by Gasteiger charge is 2.54. The quantitative estimate of drug-likeness (QED) is 0.893. The number of nitrogens with one attached hydrogen (secondary N) is 1. The Morgan fingerprint density at radius 2 is 2.11 bits per heavy atom. The molecule has 1 N–H and O–H groups in total. The van der Waals surface area contributed by atoms with Crippen molar-refractivity contribution in [3.8, 4) is 0 Å². The number of rotatable bonds is 5. The predicted molar refractivity (Wildman–Crippen MR) is 81.0 cm³/mol. The summed E-state index contributed by atoms with van der Waals surface area (Å²) in [7, 11) is 2.10. The van der Waals surface area contributed by atoms with Crippen molar-refractivity contribution in [1.82, 2.24) is 15.1 Å². The van der Waals surface area contributed by atoms with Crippen LogP contribution in [0.5, 0.6) is 0 Å². The minimum absolute atomic E-state index is 0.469. The Morgan fingerprint density at radius 3 is 2.68 bits per heavy atom. The standard InChI is InChI=1S/C15H24BrN3/c1-3-8-19-15(12(16)9-18-19)14(17-2)13-10-6-4-5-7-11(10)13/h9-11,13-14,17H,3-8H2,1-2H3. The molecule has 0 bridgehead atoms. The molecular weight excluding hydrogens is 302 g/mol. The fraction of sp³-hybridized carbons (Fsp3) is 0.800. The highest BCUT2D eigenvalue weighted by molar-refractivity contribution is 9.10. The number of aromatic nitrogens is 2. The number of halogens is 1. The second kappa shape index (κ2) is 5.57. The van der Waals surface area contributed by atoms with E-state index >= 15 is 0 Å². The first-order chi connectivity index (χ1) is 9.27. The third-order valence-corrected chi connectivity index (χ3v) is 5.59. The summed E-state index contributed by atoms with van der Waals surface area (Å²) in [5.74, 6) is 2.75. The molecular formula is C15H24BrN3. The van der Waals surface area contributed by atoms with Crippen LogP contribution < -0.4 is 5.32 Å². The topological polar surface area (TPSA) is 29.9 Å². The van der Waals surface area contributed by atoms with Crippen molar-refractivity contribution in [2.24, 2.45) is 17.8 Å². The van der Waals surface area contributed by atoms with E-state index < -0.39 is 0 Å². The van der Waals surface area contributed by atoms with Crippen molar-refractivity contribution < 1.29 is 0 Å². The van der Waals surface area contributed by atoms with Crippen molar-refractivity contribution >= 4 is 15.9 Å². The highest BCUT2D eigenvalue weighted by Crippen LogP contribution is 2.60. The smallest absolute Gasteiger partial charge is 0.0698 e. The average molecular weight is 326 g/mol. The number of fused-ring (bicyclic) bond motifs is 1. The lowest BCUT2D eigenvalue weighted by molar-refractivity contribution is 0.432. The van der Waals surface area contributed by atoms with Gasteiger partial charge in [0.15, 0.2) is 0 Å². The molecule has 1 aromatic heterocycles. The SMILES string of the molecule is CCCn1ncc(Br)c1C(NC)C1C2CCCCC21. The summed E-state index contributed by atoms with van der Waals surface area (Å²) in [5.41, 5.74) is 1.36. The Morgan fingerprint density at radius 1 is 1.42 bits per heavy atom. The molecule has 3 atom stereocenters. The van der Waals surface area contributed by atoms with E-state index in [-0.39, 0.29) is 0 Å². The summed E-state index contributed by atoms with van der Waals surface area (Å²) in [5, 5.41) is 8.10. The average Bonchev–Trinajstić information content (AvgIpc) is 3.04. The molecule has 0 spiro atoms. The molecule has 3 rings (SSSR count). The van der Waals surface area contributed by atoms with Gasteiger partial charge < -0.3 is 5.32 Å². The molecule has 0 amide bonds. The van der Waals surface area contributed by atoms with Crippen LogP contribution in [0.15, 0.2) is 10.7 Å². The number of hydrogen-bond donors (Lipinski definition) is 1. The van der Waals surface area contributed by atoms with Crippen LogP contribution in [-0.4, -0.2) is 16.8 Å². The van der Waals surface area contributed by atoms with E-state index in [1.165, 1.54) is 35.8 Å². The van der Waals surface area contributed by atoms with Crippen LogP contribution >= 0.6 is 15.9 Å². The maximum atomic E-state index is 4.53. The van der Waals surface area contributed by atoms with E-state index in [0.717, 1.165) is 30.7 Å². The van der Waals surface area contributed by atoms with E-state index in [9.17, 15) is 0 Å². The molecule has 0 radical (unpaired) electrons. The molecule has 2 aliphatic rings. The van der Waals surface area contributed by atoms with Crippen LogP contribution in [0.2, 0.25) is 0 Å². The molecule has 2 fully saturated rings. The van der Waals surface area contributed by atoms with Gasteiger partial charge in [0.2, 0.25) is 0 Å². The molecule has 1 aromatic rings. The Balaban J connectivity index is 1.84. The van der Waals surface area contributed by atoms with E-state index in [4.69, 9.17) is 0 Å². The summed E-state index contributed by atoms with van der Waals surface area (Å²) < 4.78 is 3.36.